The predicted octanol–water partition coefficient (Wildman–Crippen LogP) is 3.79. The number of carbonyl (C=O) groups is 2. The van der Waals surface area contributed by atoms with Crippen LogP contribution in [0.25, 0.3) is 0 Å². The molecule has 194 valence electrons. The first kappa shape index (κ1) is 26.4. The highest BCUT2D eigenvalue weighted by molar-refractivity contribution is 6.00. The van der Waals surface area contributed by atoms with Crippen LogP contribution in [0, 0.1) is 0 Å². The molecule has 1 saturated heterocycles. The minimum atomic E-state index is -0.590. The van der Waals surface area contributed by atoms with E-state index in [1.54, 1.807) is 18.3 Å². The highest BCUT2D eigenvalue weighted by atomic mass is 16.2. The molecule has 1 atom stereocenters. The summed E-state index contributed by atoms with van der Waals surface area (Å²) in [5, 5.41) is 2.89. The number of carbonyl (C=O) groups excluding carboxylic acids is 2. The number of hydrogen-bond acceptors (Lipinski definition) is 6. The summed E-state index contributed by atoms with van der Waals surface area (Å²) < 4.78 is 0. The van der Waals surface area contributed by atoms with Crippen molar-refractivity contribution in [1.29, 1.82) is 0 Å². The van der Waals surface area contributed by atoms with Gasteiger partial charge in [-0.05, 0) is 55.7 Å². The average Bonchev–Trinajstić information content (AvgIpc) is 2.95. The monoisotopic (exact) mass is 499 g/mol. The Morgan fingerprint density at radius 2 is 1.65 bits per heavy atom. The summed E-state index contributed by atoms with van der Waals surface area (Å²) in [5.74, 6) is 0.402. The third-order valence-electron chi connectivity index (χ3n) is 6.95. The second-order valence-electron chi connectivity index (χ2n) is 9.38. The van der Waals surface area contributed by atoms with Crippen LogP contribution in [0.2, 0.25) is 0 Å². The number of rotatable bonds is 11. The van der Waals surface area contributed by atoms with E-state index in [9.17, 15) is 9.59 Å². The Kier molecular flexibility index (Phi) is 9.27. The Labute approximate surface area is 220 Å². The molecule has 0 bridgehead atoms. The fourth-order valence-corrected chi connectivity index (χ4v) is 4.85. The Morgan fingerprint density at radius 3 is 2.30 bits per heavy atom. The molecule has 1 unspecified atom stereocenters. The van der Waals surface area contributed by atoms with Crippen molar-refractivity contribution >= 4 is 23.7 Å². The van der Waals surface area contributed by atoms with E-state index in [1.807, 2.05) is 30.3 Å². The normalized spacial score (nSPS) is 14.7. The number of piperazine rings is 1. The van der Waals surface area contributed by atoms with Crippen LogP contribution in [-0.4, -0.2) is 67.4 Å². The lowest BCUT2D eigenvalue weighted by Gasteiger charge is -2.36. The van der Waals surface area contributed by atoms with Gasteiger partial charge in [0.2, 0.25) is 0 Å². The van der Waals surface area contributed by atoms with Gasteiger partial charge in [0, 0.05) is 57.7 Å². The Morgan fingerprint density at radius 1 is 0.946 bits per heavy atom. The quantitative estimate of drug-likeness (QED) is 0.405. The number of nitrogens with zero attached hydrogens (tertiary/aromatic N) is 4. The van der Waals surface area contributed by atoms with E-state index in [0.29, 0.717) is 17.8 Å². The molecule has 0 radical (unpaired) electrons. The van der Waals surface area contributed by atoms with Crippen LogP contribution in [0.5, 0.6) is 0 Å². The van der Waals surface area contributed by atoms with Crippen molar-refractivity contribution in [2.75, 3.05) is 49.1 Å². The summed E-state index contributed by atoms with van der Waals surface area (Å²) in [6.07, 6.45) is 2.98. The molecule has 7 heteroatoms. The van der Waals surface area contributed by atoms with Crippen LogP contribution in [0.15, 0.2) is 72.9 Å². The largest absolute Gasteiger partial charge is 0.372 e. The third kappa shape index (κ3) is 6.95. The van der Waals surface area contributed by atoms with Gasteiger partial charge in [0.15, 0.2) is 0 Å². The van der Waals surface area contributed by atoms with Crippen molar-refractivity contribution in [3.63, 3.8) is 0 Å². The SMILES string of the molecule is CCN(CC)c1ccc(CN2CCN(c3ncccc3C(=O)NC(C=O)Cc3ccccc3)CC2)cc1. The maximum atomic E-state index is 13.1. The Balaban J connectivity index is 1.35. The molecule has 0 saturated carbocycles. The van der Waals surface area contributed by atoms with Crippen LogP contribution in [0.1, 0.15) is 35.3 Å². The van der Waals surface area contributed by atoms with Crippen LogP contribution in [0.4, 0.5) is 11.5 Å². The maximum Gasteiger partial charge on any atom is 0.255 e. The summed E-state index contributed by atoms with van der Waals surface area (Å²) >= 11 is 0. The van der Waals surface area contributed by atoms with Gasteiger partial charge >= 0.3 is 0 Å². The Hall–Kier alpha value is -3.71. The smallest absolute Gasteiger partial charge is 0.255 e. The lowest BCUT2D eigenvalue weighted by atomic mass is 10.1. The number of hydrogen-bond donors (Lipinski definition) is 1. The van der Waals surface area contributed by atoms with E-state index < -0.39 is 6.04 Å². The molecule has 4 rings (SSSR count). The summed E-state index contributed by atoms with van der Waals surface area (Å²) in [4.78, 5) is 36.3. The van der Waals surface area contributed by atoms with Crippen molar-refractivity contribution in [3.05, 3.63) is 89.6 Å². The standard InChI is InChI=1S/C30H37N5O2/c1-3-34(4-2)27-14-12-25(13-15-27)22-33-17-19-35(20-18-33)29-28(11-8-16-31-29)30(37)32-26(23-36)21-24-9-6-5-7-10-24/h5-16,23,26H,3-4,17-22H2,1-2H3,(H,32,37). The number of anilines is 2. The molecule has 0 aliphatic carbocycles. The lowest BCUT2D eigenvalue weighted by Crippen LogP contribution is -2.47. The zero-order valence-electron chi connectivity index (χ0n) is 21.8. The molecular formula is C30H37N5O2. The molecule has 0 spiro atoms. The molecule has 2 heterocycles. The molecular weight excluding hydrogens is 462 g/mol. The number of benzene rings is 2. The van der Waals surface area contributed by atoms with Gasteiger partial charge in [-0.3, -0.25) is 9.69 Å². The van der Waals surface area contributed by atoms with E-state index in [0.717, 1.165) is 57.7 Å². The average molecular weight is 500 g/mol. The molecule has 3 aromatic rings. The first-order chi connectivity index (χ1) is 18.1. The molecule has 1 aromatic heterocycles. The van der Waals surface area contributed by atoms with Crippen LogP contribution >= 0.6 is 0 Å². The number of nitrogens with one attached hydrogen (secondary N) is 1. The van der Waals surface area contributed by atoms with Gasteiger partial charge in [0.05, 0.1) is 11.6 Å². The van der Waals surface area contributed by atoms with E-state index in [4.69, 9.17) is 0 Å². The van der Waals surface area contributed by atoms with Gasteiger partial charge in [0.1, 0.15) is 12.1 Å². The second-order valence-corrected chi connectivity index (χ2v) is 9.38. The van der Waals surface area contributed by atoms with Gasteiger partial charge in [-0.2, -0.15) is 0 Å². The topological polar surface area (TPSA) is 68.8 Å². The maximum absolute atomic E-state index is 13.1. The van der Waals surface area contributed by atoms with E-state index in [2.05, 4.69) is 63.1 Å². The summed E-state index contributed by atoms with van der Waals surface area (Å²) in [5.41, 5.74) is 4.08. The molecule has 1 aliphatic heterocycles. The van der Waals surface area contributed by atoms with Crippen LogP contribution < -0.4 is 15.1 Å². The van der Waals surface area contributed by atoms with Gasteiger partial charge in [-0.15, -0.1) is 0 Å². The predicted molar refractivity (Wildman–Crippen MR) is 149 cm³/mol. The van der Waals surface area contributed by atoms with E-state index in [1.165, 1.54) is 11.3 Å². The highest BCUT2D eigenvalue weighted by Gasteiger charge is 2.24. The number of pyridine rings is 1. The lowest BCUT2D eigenvalue weighted by molar-refractivity contribution is -0.109. The number of amides is 1. The fraction of sp³-hybridized carbons (Fsp3) is 0.367. The van der Waals surface area contributed by atoms with Gasteiger partial charge in [-0.1, -0.05) is 42.5 Å². The molecule has 1 fully saturated rings. The van der Waals surface area contributed by atoms with Gasteiger partial charge in [-0.25, -0.2) is 4.98 Å². The molecule has 7 nitrogen and oxygen atoms in total. The van der Waals surface area contributed by atoms with E-state index >= 15 is 0 Å². The molecule has 37 heavy (non-hydrogen) atoms. The first-order valence-corrected chi connectivity index (χ1v) is 13.2. The van der Waals surface area contributed by atoms with E-state index in [-0.39, 0.29) is 5.91 Å². The summed E-state index contributed by atoms with van der Waals surface area (Å²) in [6, 6.07) is 21.5. The van der Waals surface area contributed by atoms with Crippen molar-refractivity contribution in [2.45, 2.75) is 32.9 Å². The molecule has 1 amide bonds. The zero-order chi connectivity index (χ0) is 26.0. The highest BCUT2D eigenvalue weighted by Crippen LogP contribution is 2.21. The minimum absolute atomic E-state index is 0.271. The Bertz CT molecular complexity index is 1140. The number of aromatic nitrogens is 1. The minimum Gasteiger partial charge on any atom is -0.372 e. The second kappa shape index (κ2) is 13.0. The zero-order valence-corrected chi connectivity index (χ0v) is 21.8. The van der Waals surface area contributed by atoms with Crippen LogP contribution in [0.3, 0.4) is 0 Å². The summed E-state index contributed by atoms with van der Waals surface area (Å²) in [6.45, 7) is 10.6. The fourth-order valence-electron chi connectivity index (χ4n) is 4.85. The van der Waals surface area contributed by atoms with Crippen molar-refractivity contribution in [3.8, 4) is 0 Å². The van der Waals surface area contributed by atoms with Gasteiger partial charge < -0.3 is 19.9 Å². The molecule has 1 N–H and O–H groups in total. The van der Waals surface area contributed by atoms with Gasteiger partial charge in [0.25, 0.3) is 5.91 Å². The molecule has 2 aromatic carbocycles. The van der Waals surface area contributed by atoms with Crippen molar-refractivity contribution in [1.82, 2.24) is 15.2 Å². The molecule has 1 aliphatic rings. The first-order valence-electron chi connectivity index (χ1n) is 13.2. The number of aldehydes is 1. The summed E-state index contributed by atoms with van der Waals surface area (Å²) in [7, 11) is 0. The van der Waals surface area contributed by atoms with Crippen molar-refractivity contribution < 1.29 is 9.59 Å². The third-order valence-corrected chi connectivity index (χ3v) is 6.95. The van der Waals surface area contributed by atoms with Crippen LogP contribution in [-0.2, 0) is 17.8 Å². The van der Waals surface area contributed by atoms with Crippen molar-refractivity contribution in [2.24, 2.45) is 0 Å².